The molecule has 8 aromatic rings. The summed E-state index contributed by atoms with van der Waals surface area (Å²) in [5, 5.41) is 12.5. The molecule has 228 valence electrons. The lowest BCUT2D eigenvalue weighted by molar-refractivity contribution is 0.673. The van der Waals surface area contributed by atoms with Crippen molar-refractivity contribution < 1.29 is 8.53 Å². The minimum atomic E-state index is -2.38. The van der Waals surface area contributed by atoms with E-state index in [0.717, 1.165) is 33.1 Å². The maximum atomic E-state index is 9.53. The zero-order valence-electron chi connectivity index (χ0n) is 29.8. The number of aryl methyl sites for hydroxylation is 1. The van der Waals surface area contributed by atoms with E-state index in [1.54, 1.807) is 12.1 Å². The van der Waals surface area contributed by atoms with E-state index in [9.17, 15) is 5.26 Å². The molecule has 47 heavy (non-hydrogen) atoms. The predicted molar refractivity (Wildman–Crippen MR) is 194 cm³/mol. The molecule has 0 amide bonds. The molecular formula is C43H35N3O. The Kier molecular flexibility index (Phi) is 5.97. The fraction of sp³-hybridized carbons (Fsp3) is 0.163. The van der Waals surface area contributed by atoms with Crippen LogP contribution in [0.3, 0.4) is 0 Å². The van der Waals surface area contributed by atoms with Gasteiger partial charge in [-0.1, -0.05) is 82.3 Å². The number of imidazole rings is 1. The molecule has 2 aromatic heterocycles. The van der Waals surface area contributed by atoms with E-state index in [4.69, 9.17) is 13.5 Å². The van der Waals surface area contributed by atoms with Crippen molar-refractivity contribution in [3.8, 4) is 34.3 Å². The van der Waals surface area contributed by atoms with Gasteiger partial charge >= 0.3 is 0 Å². The third kappa shape index (κ3) is 4.54. The Morgan fingerprint density at radius 3 is 2.19 bits per heavy atom. The number of nitrogens with zero attached hydrogens (tertiary/aromatic N) is 3. The van der Waals surface area contributed by atoms with Crippen LogP contribution in [0, 0.1) is 18.2 Å². The predicted octanol–water partition coefficient (Wildman–Crippen LogP) is 11.8. The molecule has 0 unspecified atom stereocenters. The van der Waals surface area contributed by atoms with Crippen LogP contribution in [0.2, 0.25) is 0 Å². The molecule has 0 N–H and O–H groups in total. The molecule has 0 fully saturated rings. The number of rotatable bonds is 5. The Morgan fingerprint density at radius 1 is 0.745 bits per heavy atom. The van der Waals surface area contributed by atoms with E-state index < -0.39 is 6.85 Å². The molecular weight excluding hydrogens is 574 g/mol. The third-order valence-electron chi connectivity index (χ3n) is 9.28. The van der Waals surface area contributed by atoms with Gasteiger partial charge in [0.15, 0.2) is 0 Å². The smallest absolute Gasteiger partial charge is 0.149 e. The largest absolute Gasteiger partial charge is 0.455 e. The highest BCUT2D eigenvalue weighted by Gasteiger charge is 2.26. The van der Waals surface area contributed by atoms with Gasteiger partial charge in [0, 0.05) is 20.3 Å². The summed E-state index contributed by atoms with van der Waals surface area (Å²) in [4.78, 5) is 5.26. The SMILES string of the molecule is [2H]C([2H])([2H])c1ccc(-c2nc3ccccc3n2-c2c(C(C)C)cc(-c3ccccc3)cc2C(C)C)c2oc3c4ccc(C#N)cc4ccc3c12. The number of hydrogen-bond acceptors (Lipinski definition) is 3. The first-order chi connectivity index (χ1) is 24.0. The maximum Gasteiger partial charge on any atom is 0.149 e. The minimum Gasteiger partial charge on any atom is -0.455 e. The maximum absolute atomic E-state index is 9.53. The number of nitriles is 1. The van der Waals surface area contributed by atoms with Crippen LogP contribution < -0.4 is 0 Å². The number of aromatic nitrogens is 2. The highest BCUT2D eigenvalue weighted by atomic mass is 16.3. The Labute approximate surface area is 278 Å². The monoisotopic (exact) mass is 612 g/mol. The quantitative estimate of drug-likeness (QED) is 0.194. The van der Waals surface area contributed by atoms with Gasteiger partial charge in [0.05, 0.1) is 33.9 Å². The fourth-order valence-electron chi connectivity index (χ4n) is 6.96. The van der Waals surface area contributed by atoms with E-state index in [-0.39, 0.29) is 17.4 Å². The van der Waals surface area contributed by atoms with Crippen LogP contribution in [0.5, 0.6) is 0 Å². The average molecular weight is 613 g/mol. The molecule has 0 aliphatic rings. The number of fused-ring (bicyclic) bond motifs is 6. The molecule has 0 spiro atoms. The van der Waals surface area contributed by atoms with E-state index in [1.165, 1.54) is 16.7 Å². The standard InChI is InChI=1S/C43H35N3O/c1-25(2)35-22-31(29-11-7-6-8-12-29)23-36(26(3)4)40(35)46-38-14-10-9-13-37(38)45-43(46)34-18-15-27(5)39-33-20-17-30-21-28(24-44)16-19-32(30)41(33)47-42(34)39/h6-23,25-26H,1-5H3/i5D3. The highest BCUT2D eigenvalue weighted by Crippen LogP contribution is 2.44. The first-order valence-corrected chi connectivity index (χ1v) is 16.1. The molecule has 0 aliphatic carbocycles. The topological polar surface area (TPSA) is 54.8 Å². The van der Waals surface area contributed by atoms with E-state index in [2.05, 4.69) is 80.8 Å². The number of hydrogen-bond donors (Lipinski definition) is 0. The summed E-state index contributed by atoms with van der Waals surface area (Å²) >= 11 is 0. The van der Waals surface area contributed by atoms with Gasteiger partial charge < -0.3 is 4.42 Å². The van der Waals surface area contributed by atoms with Crippen LogP contribution in [-0.4, -0.2) is 9.55 Å². The van der Waals surface area contributed by atoms with E-state index in [1.807, 2.05) is 54.6 Å². The number of para-hydroxylation sites is 2. The third-order valence-corrected chi connectivity index (χ3v) is 9.28. The molecule has 0 radical (unpaired) electrons. The van der Waals surface area contributed by atoms with Crippen LogP contribution in [0.1, 0.15) is 65.9 Å². The average Bonchev–Trinajstić information content (AvgIpc) is 3.69. The molecule has 8 rings (SSSR count). The summed E-state index contributed by atoms with van der Waals surface area (Å²) in [6.45, 7) is 6.52. The second-order valence-electron chi connectivity index (χ2n) is 12.9. The molecule has 0 bridgehead atoms. The molecule has 0 aliphatic heterocycles. The highest BCUT2D eigenvalue weighted by molar-refractivity contribution is 6.18. The molecule has 4 nitrogen and oxygen atoms in total. The van der Waals surface area contributed by atoms with E-state index in [0.29, 0.717) is 38.9 Å². The Bertz CT molecular complexity index is 2630. The first kappa shape index (κ1) is 25.5. The Hall–Kier alpha value is -5.66. The lowest BCUT2D eigenvalue weighted by Crippen LogP contribution is -2.09. The van der Waals surface area contributed by atoms with Crippen molar-refractivity contribution in [2.75, 3.05) is 0 Å². The first-order valence-electron chi connectivity index (χ1n) is 17.6. The summed E-state index contributed by atoms with van der Waals surface area (Å²) in [7, 11) is 0. The Morgan fingerprint density at radius 2 is 1.47 bits per heavy atom. The molecule has 6 aromatic carbocycles. The zero-order valence-corrected chi connectivity index (χ0v) is 26.8. The van der Waals surface area contributed by atoms with Gasteiger partial charge in [0.2, 0.25) is 0 Å². The van der Waals surface area contributed by atoms with Gasteiger partial charge in [-0.15, -0.1) is 0 Å². The van der Waals surface area contributed by atoms with Crippen LogP contribution in [0.25, 0.3) is 71.9 Å². The molecule has 4 heteroatoms. The van der Waals surface area contributed by atoms with E-state index >= 15 is 0 Å². The summed E-state index contributed by atoms with van der Waals surface area (Å²) < 4.78 is 34.6. The van der Waals surface area contributed by atoms with Crippen LogP contribution in [-0.2, 0) is 0 Å². The van der Waals surface area contributed by atoms with Crippen LogP contribution in [0.15, 0.2) is 114 Å². The van der Waals surface area contributed by atoms with Crippen molar-refractivity contribution in [2.45, 2.75) is 46.4 Å². The summed E-state index contributed by atoms with van der Waals surface area (Å²) in [5.41, 5.74) is 10.1. The minimum absolute atomic E-state index is 0.189. The van der Waals surface area contributed by atoms with Gasteiger partial charge in [0.1, 0.15) is 17.0 Å². The van der Waals surface area contributed by atoms with Crippen LogP contribution >= 0.6 is 0 Å². The van der Waals surface area contributed by atoms with Gasteiger partial charge in [-0.05, 0) is 106 Å². The van der Waals surface area contributed by atoms with Crippen molar-refractivity contribution in [1.82, 2.24) is 9.55 Å². The lowest BCUT2D eigenvalue weighted by atomic mass is 9.88. The van der Waals surface area contributed by atoms with Gasteiger partial charge in [-0.25, -0.2) is 4.98 Å². The number of benzene rings is 6. The van der Waals surface area contributed by atoms with Gasteiger partial charge in [-0.2, -0.15) is 5.26 Å². The van der Waals surface area contributed by atoms with Gasteiger partial charge in [-0.3, -0.25) is 4.57 Å². The number of furan rings is 1. The van der Waals surface area contributed by atoms with Crippen molar-refractivity contribution in [2.24, 2.45) is 0 Å². The van der Waals surface area contributed by atoms with Crippen LogP contribution in [0.4, 0.5) is 0 Å². The summed E-state index contributed by atoms with van der Waals surface area (Å²) in [5.74, 6) is 1.06. The van der Waals surface area contributed by atoms with Crippen molar-refractivity contribution in [1.29, 1.82) is 5.26 Å². The van der Waals surface area contributed by atoms with Gasteiger partial charge in [0.25, 0.3) is 0 Å². The van der Waals surface area contributed by atoms with Crippen molar-refractivity contribution in [3.63, 3.8) is 0 Å². The lowest BCUT2D eigenvalue weighted by Gasteiger charge is -2.24. The molecule has 0 atom stereocenters. The van der Waals surface area contributed by atoms with Crippen molar-refractivity contribution >= 4 is 43.7 Å². The molecule has 0 saturated carbocycles. The summed E-state index contributed by atoms with van der Waals surface area (Å²) in [6.07, 6.45) is 0. The molecule has 0 saturated heterocycles. The van der Waals surface area contributed by atoms with Crippen molar-refractivity contribution in [3.05, 3.63) is 131 Å². The molecule has 2 heterocycles. The fourth-order valence-corrected chi connectivity index (χ4v) is 6.96. The second kappa shape index (κ2) is 11.0. The Balaban J connectivity index is 1.50. The normalized spacial score (nSPS) is 13.1. The zero-order chi connectivity index (χ0) is 34.9. The summed E-state index contributed by atoms with van der Waals surface area (Å²) in [6, 6.07) is 38.3. The second-order valence-corrected chi connectivity index (χ2v) is 12.9.